The highest BCUT2D eigenvalue weighted by Gasteiger charge is 2.08. The van der Waals surface area contributed by atoms with E-state index in [1.54, 1.807) is 18.2 Å². The highest BCUT2D eigenvalue weighted by molar-refractivity contribution is 6.23. The molecule has 0 aliphatic carbocycles. The average molecular weight is 258 g/mol. The maximum atomic E-state index is 12.7. The lowest BCUT2D eigenvalue weighted by molar-refractivity contribution is 0.627. The van der Waals surface area contributed by atoms with Crippen LogP contribution in [-0.4, -0.2) is 11.3 Å². The van der Waals surface area contributed by atoms with Gasteiger partial charge in [-0.3, -0.25) is 0 Å². The number of nitriles is 1. The van der Waals surface area contributed by atoms with Gasteiger partial charge >= 0.3 is 0 Å². The van der Waals surface area contributed by atoms with Gasteiger partial charge < -0.3 is 0 Å². The van der Waals surface area contributed by atoms with Crippen LogP contribution in [0.1, 0.15) is 12.0 Å². The Kier molecular flexibility index (Phi) is 5.31. The molecule has 0 aliphatic heterocycles. The van der Waals surface area contributed by atoms with Crippen molar-refractivity contribution >= 4 is 28.8 Å². The molecule has 1 aromatic rings. The molecule has 84 valence electrons. The van der Waals surface area contributed by atoms with Crippen LogP contribution in [0.2, 0.25) is 0 Å². The van der Waals surface area contributed by atoms with Crippen LogP contribution in [0.4, 0.5) is 4.39 Å². The molecular weight excluding hydrogens is 248 g/mol. The zero-order valence-corrected chi connectivity index (χ0v) is 9.97. The Morgan fingerprint density at radius 1 is 1.44 bits per heavy atom. The van der Waals surface area contributed by atoms with E-state index in [-0.39, 0.29) is 5.82 Å². The number of rotatable bonds is 4. The number of hydrogen-bond acceptors (Lipinski definition) is 1. The van der Waals surface area contributed by atoms with Crippen LogP contribution in [0.5, 0.6) is 0 Å². The Morgan fingerprint density at radius 3 is 2.56 bits per heavy atom. The van der Waals surface area contributed by atoms with Crippen LogP contribution in [0.25, 0.3) is 5.57 Å². The van der Waals surface area contributed by atoms with Crippen molar-refractivity contribution in [1.29, 1.82) is 5.26 Å². The zero-order chi connectivity index (χ0) is 12.0. The molecule has 0 aliphatic rings. The third-order valence-electron chi connectivity index (χ3n) is 2.08. The molecule has 0 radical (unpaired) electrons. The molecule has 1 unspecified atom stereocenters. The van der Waals surface area contributed by atoms with Crippen LogP contribution >= 0.6 is 23.2 Å². The van der Waals surface area contributed by atoms with Gasteiger partial charge in [-0.2, -0.15) is 5.26 Å². The highest BCUT2D eigenvalue weighted by atomic mass is 35.5. The molecule has 1 nitrogen and oxygen atoms in total. The summed E-state index contributed by atoms with van der Waals surface area (Å²) in [6.07, 6.45) is 2.18. The quantitative estimate of drug-likeness (QED) is 0.749. The summed E-state index contributed by atoms with van der Waals surface area (Å²) < 4.78 is 12.7. The lowest BCUT2D eigenvalue weighted by Crippen LogP contribution is -1.97. The normalized spacial score (nSPS) is 13.2. The largest absolute Gasteiger partial charge is 0.207 e. The number of halogens is 3. The molecule has 1 aromatic carbocycles. The van der Waals surface area contributed by atoms with Crippen molar-refractivity contribution in [3.63, 3.8) is 0 Å². The van der Waals surface area contributed by atoms with Crippen molar-refractivity contribution in [2.24, 2.45) is 0 Å². The Balaban J connectivity index is 2.91. The molecule has 0 amide bonds. The summed E-state index contributed by atoms with van der Waals surface area (Å²) in [4.78, 5) is 0. The molecule has 1 rings (SSSR count). The van der Waals surface area contributed by atoms with E-state index in [9.17, 15) is 4.39 Å². The number of nitrogens with zero attached hydrogens (tertiary/aromatic N) is 1. The van der Waals surface area contributed by atoms with Gasteiger partial charge in [-0.1, -0.05) is 18.2 Å². The fraction of sp³-hybridized carbons (Fsp3) is 0.250. The lowest BCUT2D eigenvalue weighted by atomic mass is 10.0. The fourth-order valence-electron chi connectivity index (χ4n) is 1.31. The van der Waals surface area contributed by atoms with E-state index in [4.69, 9.17) is 28.5 Å². The molecule has 0 N–H and O–H groups in total. The predicted octanol–water partition coefficient (Wildman–Crippen LogP) is 3.97. The monoisotopic (exact) mass is 257 g/mol. The first kappa shape index (κ1) is 13.0. The minimum Gasteiger partial charge on any atom is -0.207 e. The van der Waals surface area contributed by atoms with Gasteiger partial charge in [0.25, 0.3) is 0 Å². The topological polar surface area (TPSA) is 23.8 Å². The van der Waals surface area contributed by atoms with Gasteiger partial charge in [-0.25, -0.2) is 4.39 Å². The van der Waals surface area contributed by atoms with Gasteiger partial charge in [0.1, 0.15) is 11.2 Å². The van der Waals surface area contributed by atoms with Crippen molar-refractivity contribution in [1.82, 2.24) is 0 Å². The third kappa shape index (κ3) is 3.84. The number of alkyl halides is 2. The van der Waals surface area contributed by atoms with Crippen molar-refractivity contribution in [2.75, 3.05) is 5.88 Å². The van der Waals surface area contributed by atoms with E-state index >= 15 is 0 Å². The molecule has 0 spiro atoms. The molecule has 1 atom stereocenters. The van der Waals surface area contributed by atoms with Crippen LogP contribution in [-0.2, 0) is 0 Å². The summed E-state index contributed by atoms with van der Waals surface area (Å²) in [5.41, 5.74) is 1.69. The Morgan fingerprint density at radius 2 is 2.06 bits per heavy atom. The maximum Gasteiger partial charge on any atom is 0.124 e. The standard InChI is InChI=1S/C12H10Cl2FN/c13-6-5-10(7-11(14)8-16)9-1-3-12(15)4-2-9/h1-5,11H,6-7H2/b10-5+. The van der Waals surface area contributed by atoms with E-state index in [0.717, 1.165) is 11.1 Å². The van der Waals surface area contributed by atoms with Gasteiger partial charge in [0.2, 0.25) is 0 Å². The first-order valence-corrected chi connectivity index (χ1v) is 5.69. The molecule has 0 bridgehead atoms. The number of benzene rings is 1. The van der Waals surface area contributed by atoms with Crippen molar-refractivity contribution < 1.29 is 4.39 Å². The molecule has 0 heterocycles. The summed E-state index contributed by atoms with van der Waals surface area (Å²) >= 11 is 11.4. The van der Waals surface area contributed by atoms with Gasteiger partial charge in [-0.15, -0.1) is 23.2 Å². The van der Waals surface area contributed by atoms with Crippen LogP contribution in [0.3, 0.4) is 0 Å². The average Bonchev–Trinajstić information content (AvgIpc) is 2.29. The second-order valence-electron chi connectivity index (χ2n) is 3.19. The summed E-state index contributed by atoms with van der Waals surface area (Å²) in [5, 5.41) is 8.04. The SMILES string of the molecule is N#CC(Cl)C/C(=C\CCl)c1ccc(F)cc1. The Bertz CT molecular complexity index is 406. The predicted molar refractivity (Wildman–Crippen MR) is 65.0 cm³/mol. The Labute approximate surface area is 104 Å². The van der Waals surface area contributed by atoms with Gasteiger partial charge in [0.05, 0.1) is 6.07 Å². The molecule has 4 heteroatoms. The molecule has 0 saturated heterocycles. The first-order chi connectivity index (χ1) is 7.67. The molecule has 0 fully saturated rings. The van der Waals surface area contributed by atoms with Gasteiger partial charge in [0, 0.05) is 12.3 Å². The first-order valence-electron chi connectivity index (χ1n) is 4.72. The van der Waals surface area contributed by atoms with E-state index in [1.165, 1.54) is 12.1 Å². The van der Waals surface area contributed by atoms with Crippen molar-refractivity contribution in [3.05, 3.63) is 41.7 Å². The van der Waals surface area contributed by atoms with Gasteiger partial charge in [-0.05, 0) is 23.3 Å². The second kappa shape index (κ2) is 6.52. The van der Waals surface area contributed by atoms with Crippen LogP contribution < -0.4 is 0 Å². The molecule has 0 saturated carbocycles. The van der Waals surface area contributed by atoms with E-state index in [0.29, 0.717) is 12.3 Å². The summed E-state index contributed by atoms with van der Waals surface area (Å²) in [5.74, 6) is 0.0403. The minimum absolute atomic E-state index is 0.295. The van der Waals surface area contributed by atoms with E-state index in [1.807, 2.05) is 6.07 Å². The Hall–Kier alpha value is -1.04. The van der Waals surface area contributed by atoms with Crippen LogP contribution in [0, 0.1) is 17.1 Å². The number of hydrogen-bond donors (Lipinski definition) is 0. The minimum atomic E-state index is -0.598. The summed E-state index contributed by atoms with van der Waals surface area (Å²) in [6, 6.07) is 7.97. The fourth-order valence-corrected chi connectivity index (χ4v) is 1.67. The summed E-state index contributed by atoms with van der Waals surface area (Å²) in [6.45, 7) is 0. The molecular formula is C12H10Cl2FN. The van der Waals surface area contributed by atoms with E-state index in [2.05, 4.69) is 0 Å². The second-order valence-corrected chi connectivity index (χ2v) is 4.03. The summed E-state index contributed by atoms with van der Waals surface area (Å²) in [7, 11) is 0. The zero-order valence-electron chi connectivity index (χ0n) is 8.46. The smallest absolute Gasteiger partial charge is 0.124 e. The number of allylic oxidation sites excluding steroid dienone is 2. The maximum absolute atomic E-state index is 12.7. The lowest BCUT2D eigenvalue weighted by Gasteiger charge is -2.07. The van der Waals surface area contributed by atoms with Crippen LogP contribution in [0.15, 0.2) is 30.3 Å². The van der Waals surface area contributed by atoms with Crippen molar-refractivity contribution in [3.8, 4) is 6.07 Å². The van der Waals surface area contributed by atoms with Crippen molar-refractivity contribution in [2.45, 2.75) is 11.8 Å². The third-order valence-corrected chi connectivity index (χ3v) is 2.48. The highest BCUT2D eigenvalue weighted by Crippen LogP contribution is 2.22. The van der Waals surface area contributed by atoms with Gasteiger partial charge in [0.15, 0.2) is 0 Å². The molecule has 0 aromatic heterocycles. The molecule has 16 heavy (non-hydrogen) atoms. The van der Waals surface area contributed by atoms with E-state index < -0.39 is 5.38 Å².